The van der Waals surface area contributed by atoms with E-state index in [1.54, 1.807) is 16.1 Å². The molecule has 3 rings (SSSR count). The van der Waals surface area contributed by atoms with Crippen molar-refractivity contribution in [2.24, 2.45) is 0 Å². The van der Waals surface area contributed by atoms with Gasteiger partial charge in [0.05, 0.1) is 11.4 Å². The van der Waals surface area contributed by atoms with E-state index >= 15 is 0 Å². The minimum Gasteiger partial charge on any atom is -0.160 e. The zero-order valence-electron chi connectivity index (χ0n) is 10.2. The molecule has 0 aliphatic rings. The molecule has 0 saturated carbocycles. The summed E-state index contributed by atoms with van der Waals surface area (Å²) in [5.41, 5.74) is 1.17. The summed E-state index contributed by atoms with van der Waals surface area (Å²) in [4.78, 5) is 2.63. The zero-order valence-corrected chi connectivity index (χ0v) is 11.0. The third-order valence-electron chi connectivity index (χ3n) is 2.57. The van der Waals surface area contributed by atoms with Crippen LogP contribution in [0.1, 0.15) is 5.56 Å². The third-order valence-corrected chi connectivity index (χ3v) is 3.44. The second-order valence-electron chi connectivity index (χ2n) is 3.96. The van der Waals surface area contributed by atoms with E-state index in [0.29, 0.717) is 12.4 Å². The van der Waals surface area contributed by atoms with Crippen LogP contribution < -0.4 is 0 Å². The van der Waals surface area contributed by atoms with Gasteiger partial charge in [0.2, 0.25) is 5.82 Å². The van der Waals surface area contributed by atoms with Crippen molar-refractivity contribution in [1.29, 1.82) is 0 Å². The smallest absolute Gasteiger partial charge is 0.160 e. The molecule has 0 spiro atoms. The maximum atomic E-state index is 4.34. The van der Waals surface area contributed by atoms with Gasteiger partial charge in [0.15, 0.2) is 0 Å². The van der Waals surface area contributed by atoms with Gasteiger partial charge in [-0.3, -0.25) is 0 Å². The van der Waals surface area contributed by atoms with E-state index < -0.39 is 0 Å². The first-order valence-electron chi connectivity index (χ1n) is 5.95. The Morgan fingerprint density at radius 2 is 2.00 bits per heavy atom. The molecular weight excluding hydrogens is 256 g/mol. The maximum Gasteiger partial charge on any atom is 0.214 e. The van der Waals surface area contributed by atoms with Gasteiger partial charge < -0.3 is 0 Å². The highest BCUT2D eigenvalue weighted by atomic mass is 32.1. The molecule has 0 fully saturated rings. The molecule has 2 heterocycles. The molecule has 2 aromatic heterocycles. The Hall–Kier alpha value is -2.27. The summed E-state index contributed by atoms with van der Waals surface area (Å²) in [5, 5.41) is 14.4. The lowest BCUT2D eigenvalue weighted by Crippen LogP contribution is -1.99. The predicted octanol–water partition coefficient (Wildman–Crippen LogP) is 3.12. The molecule has 19 heavy (non-hydrogen) atoms. The van der Waals surface area contributed by atoms with E-state index in [9.17, 15) is 0 Å². The van der Waals surface area contributed by atoms with Crippen LogP contribution in [0, 0.1) is 0 Å². The Kier molecular flexibility index (Phi) is 3.47. The summed E-state index contributed by atoms with van der Waals surface area (Å²) in [6, 6.07) is 14.1. The minimum atomic E-state index is 0.618. The maximum absolute atomic E-state index is 4.34. The predicted molar refractivity (Wildman–Crippen MR) is 76.6 cm³/mol. The first-order chi connectivity index (χ1) is 9.42. The first-order valence-corrected chi connectivity index (χ1v) is 6.83. The van der Waals surface area contributed by atoms with Gasteiger partial charge >= 0.3 is 0 Å². The van der Waals surface area contributed by atoms with E-state index in [1.165, 1.54) is 5.56 Å². The van der Waals surface area contributed by atoms with Crippen LogP contribution in [-0.2, 0) is 6.54 Å². The highest BCUT2D eigenvalue weighted by Gasteiger charge is 2.05. The number of hydrogen-bond acceptors (Lipinski definition) is 4. The fourth-order valence-corrected chi connectivity index (χ4v) is 2.32. The SMILES string of the molecule is C(=C\c1ccccc1)/Cn1nnc(-c2cccs2)n1. The topological polar surface area (TPSA) is 43.6 Å². The number of aromatic nitrogens is 4. The number of rotatable bonds is 4. The minimum absolute atomic E-state index is 0.618. The molecule has 0 amide bonds. The molecule has 0 atom stereocenters. The van der Waals surface area contributed by atoms with Crippen LogP contribution in [0.3, 0.4) is 0 Å². The summed E-state index contributed by atoms with van der Waals surface area (Å²) in [7, 11) is 0. The summed E-state index contributed by atoms with van der Waals surface area (Å²) in [6.45, 7) is 0.618. The van der Waals surface area contributed by atoms with Crippen molar-refractivity contribution in [2.45, 2.75) is 6.54 Å². The fourth-order valence-electron chi connectivity index (χ4n) is 1.67. The second-order valence-corrected chi connectivity index (χ2v) is 4.91. The van der Waals surface area contributed by atoms with Crippen LogP contribution in [0.5, 0.6) is 0 Å². The van der Waals surface area contributed by atoms with E-state index in [4.69, 9.17) is 0 Å². The monoisotopic (exact) mass is 268 g/mol. The Morgan fingerprint density at radius 1 is 1.11 bits per heavy atom. The normalized spacial score (nSPS) is 11.2. The molecule has 0 radical (unpaired) electrons. The van der Waals surface area contributed by atoms with Crippen LogP contribution in [0.2, 0.25) is 0 Å². The van der Waals surface area contributed by atoms with Gasteiger partial charge in [0.1, 0.15) is 0 Å². The van der Waals surface area contributed by atoms with Crippen molar-refractivity contribution >= 4 is 17.4 Å². The summed E-state index contributed by atoms with van der Waals surface area (Å²) in [5.74, 6) is 0.683. The van der Waals surface area contributed by atoms with Gasteiger partial charge in [0.25, 0.3) is 0 Å². The van der Waals surface area contributed by atoms with E-state index in [2.05, 4.69) is 27.5 Å². The highest BCUT2D eigenvalue weighted by molar-refractivity contribution is 7.13. The van der Waals surface area contributed by atoms with Crippen LogP contribution in [-0.4, -0.2) is 20.2 Å². The van der Waals surface area contributed by atoms with Gasteiger partial charge in [-0.05, 0) is 22.2 Å². The number of hydrogen-bond donors (Lipinski definition) is 0. The zero-order chi connectivity index (χ0) is 12.9. The molecule has 94 valence electrons. The molecule has 0 N–H and O–H groups in total. The Bertz CT molecular complexity index is 656. The molecule has 0 aliphatic heterocycles. The second kappa shape index (κ2) is 5.58. The molecule has 5 heteroatoms. The van der Waals surface area contributed by atoms with E-state index in [1.807, 2.05) is 47.9 Å². The Labute approximate surface area is 115 Å². The third kappa shape index (κ3) is 2.95. The van der Waals surface area contributed by atoms with Crippen molar-refractivity contribution in [3.8, 4) is 10.7 Å². The Morgan fingerprint density at radius 3 is 2.79 bits per heavy atom. The molecule has 0 saturated heterocycles. The number of allylic oxidation sites excluding steroid dienone is 1. The highest BCUT2D eigenvalue weighted by Crippen LogP contribution is 2.19. The van der Waals surface area contributed by atoms with E-state index in [-0.39, 0.29) is 0 Å². The van der Waals surface area contributed by atoms with Gasteiger partial charge in [0, 0.05) is 0 Å². The summed E-state index contributed by atoms with van der Waals surface area (Å²) < 4.78 is 0. The fraction of sp³-hybridized carbons (Fsp3) is 0.0714. The van der Waals surface area contributed by atoms with Crippen molar-refractivity contribution in [3.05, 3.63) is 59.5 Å². The van der Waals surface area contributed by atoms with Gasteiger partial charge in [-0.1, -0.05) is 48.6 Å². The molecule has 4 nitrogen and oxygen atoms in total. The lowest BCUT2D eigenvalue weighted by molar-refractivity contribution is 0.584. The summed E-state index contributed by atoms with van der Waals surface area (Å²) >= 11 is 1.61. The lowest BCUT2D eigenvalue weighted by atomic mass is 10.2. The van der Waals surface area contributed by atoms with Crippen molar-refractivity contribution in [2.75, 3.05) is 0 Å². The van der Waals surface area contributed by atoms with Gasteiger partial charge in [-0.2, -0.15) is 4.80 Å². The molecule has 0 bridgehead atoms. The molecule has 1 aromatic carbocycles. The Balaban J connectivity index is 1.67. The molecule has 0 unspecified atom stereocenters. The number of benzene rings is 1. The number of tetrazole rings is 1. The van der Waals surface area contributed by atoms with Crippen LogP contribution in [0.15, 0.2) is 53.9 Å². The number of thiophene rings is 1. The number of nitrogens with zero attached hydrogens (tertiary/aromatic N) is 4. The van der Waals surface area contributed by atoms with E-state index in [0.717, 1.165) is 4.88 Å². The average Bonchev–Trinajstić information content (AvgIpc) is 3.10. The van der Waals surface area contributed by atoms with Crippen molar-refractivity contribution < 1.29 is 0 Å². The molecule has 0 aliphatic carbocycles. The van der Waals surface area contributed by atoms with Crippen LogP contribution in [0.25, 0.3) is 16.8 Å². The average molecular weight is 268 g/mol. The molecule has 3 aromatic rings. The largest absolute Gasteiger partial charge is 0.214 e. The first kappa shape index (κ1) is 11.8. The van der Waals surface area contributed by atoms with Crippen molar-refractivity contribution in [1.82, 2.24) is 20.2 Å². The van der Waals surface area contributed by atoms with Crippen LogP contribution >= 0.6 is 11.3 Å². The van der Waals surface area contributed by atoms with Gasteiger partial charge in [-0.15, -0.1) is 21.5 Å². The quantitative estimate of drug-likeness (QED) is 0.730. The standard InChI is InChI=1S/C14H12N4S/c1-2-6-12(7-3-1)8-4-10-18-16-14(15-17-18)13-9-5-11-19-13/h1-9,11H,10H2/b8-4+. The van der Waals surface area contributed by atoms with Gasteiger partial charge in [-0.25, -0.2) is 0 Å². The lowest BCUT2D eigenvalue weighted by Gasteiger charge is -1.92. The summed E-state index contributed by atoms with van der Waals surface area (Å²) in [6.07, 6.45) is 4.07. The molecular formula is C14H12N4S. The van der Waals surface area contributed by atoms with Crippen LogP contribution in [0.4, 0.5) is 0 Å². The van der Waals surface area contributed by atoms with Crippen molar-refractivity contribution in [3.63, 3.8) is 0 Å².